The van der Waals surface area contributed by atoms with Gasteiger partial charge < -0.3 is 14.3 Å². The average molecular weight is 191 g/mol. The van der Waals surface area contributed by atoms with E-state index in [4.69, 9.17) is 9.57 Å². The maximum Gasteiger partial charge on any atom is 0.332 e. The van der Waals surface area contributed by atoms with Gasteiger partial charge in [0.1, 0.15) is 6.61 Å². The van der Waals surface area contributed by atoms with Gasteiger partial charge in [-0.1, -0.05) is 0 Å². The van der Waals surface area contributed by atoms with Crippen LogP contribution in [0.3, 0.4) is 0 Å². The van der Waals surface area contributed by atoms with Crippen molar-refractivity contribution in [2.75, 3.05) is 33.0 Å². The molecule has 0 unspecified atom stereocenters. The highest BCUT2D eigenvalue weighted by Crippen LogP contribution is 1.80. The van der Waals surface area contributed by atoms with Crippen molar-refractivity contribution in [3.63, 3.8) is 0 Å². The van der Waals surface area contributed by atoms with Crippen LogP contribution < -0.4 is 5.48 Å². The van der Waals surface area contributed by atoms with Gasteiger partial charge in [-0.15, -0.1) is 0 Å². The molecule has 0 aromatic heterocycles. The smallest absolute Gasteiger partial charge is 0.332 e. The quantitative estimate of drug-likeness (QED) is 0.335. The van der Waals surface area contributed by atoms with Gasteiger partial charge >= 0.3 is 5.97 Å². The Kier molecular flexibility index (Phi) is 8.97. The number of hydroxylamine groups is 1. The molecule has 0 aromatic carbocycles. The molecule has 0 radical (unpaired) electrons. The zero-order valence-electron chi connectivity index (χ0n) is 8.17. The van der Waals surface area contributed by atoms with E-state index in [1.807, 2.05) is 6.92 Å². The normalized spacial score (nSPS) is 10.0. The molecule has 0 atom stereocenters. The summed E-state index contributed by atoms with van der Waals surface area (Å²) in [7, 11) is 0. The molecule has 0 bridgehead atoms. The van der Waals surface area contributed by atoms with Crippen LogP contribution in [0.4, 0.5) is 0 Å². The summed E-state index contributed by atoms with van der Waals surface area (Å²) in [6.45, 7) is 5.63. The topological polar surface area (TPSA) is 56.8 Å². The van der Waals surface area contributed by atoms with Crippen molar-refractivity contribution < 1.29 is 19.1 Å². The Bertz CT molecular complexity index is 129. The van der Waals surface area contributed by atoms with Crippen LogP contribution in [0.1, 0.15) is 13.8 Å². The minimum Gasteiger partial charge on any atom is -0.464 e. The van der Waals surface area contributed by atoms with E-state index in [1.165, 1.54) is 0 Å². The summed E-state index contributed by atoms with van der Waals surface area (Å²) in [5.41, 5.74) is 2.66. The molecule has 0 rings (SSSR count). The van der Waals surface area contributed by atoms with E-state index in [0.29, 0.717) is 26.4 Å². The van der Waals surface area contributed by atoms with Crippen LogP contribution in [0.25, 0.3) is 0 Å². The number of hydrogen-bond acceptors (Lipinski definition) is 5. The van der Waals surface area contributed by atoms with Crippen molar-refractivity contribution in [2.45, 2.75) is 13.8 Å². The Morgan fingerprint density at radius 3 is 2.69 bits per heavy atom. The lowest BCUT2D eigenvalue weighted by Crippen LogP contribution is -2.22. The highest BCUT2D eigenvalue weighted by Gasteiger charge is 1.99. The molecule has 0 fully saturated rings. The highest BCUT2D eigenvalue weighted by atomic mass is 16.6. The standard InChI is InChI=1S/C8H17NO4/c1-3-12-8(10)7-11-6-5-9-13-4-2/h9H,3-7H2,1-2H3. The number of carbonyl (C=O) groups excluding carboxylic acids is 1. The van der Waals surface area contributed by atoms with Crippen LogP contribution in [0.15, 0.2) is 0 Å². The van der Waals surface area contributed by atoms with E-state index < -0.39 is 0 Å². The molecule has 78 valence electrons. The van der Waals surface area contributed by atoms with Gasteiger partial charge in [-0.05, 0) is 13.8 Å². The van der Waals surface area contributed by atoms with Crippen molar-refractivity contribution in [3.05, 3.63) is 0 Å². The van der Waals surface area contributed by atoms with Crippen molar-refractivity contribution in [2.24, 2.45) is 0 Å². The fourth-order valence-corrected chi connectivity index (χ4v) is 0.646. The van der Waals surface area contributed by atoms with E-state index >= 15 is 0 Å². The molecule has 0 aliphatic carbocycles. The molecule has 5 heteroatoms. The minimum atomic E-state index is -0.334. The third kappa shape index (κ3) is 9.26. The molecular weight excluding hydrogens is 174 g/mol. The zero-order chi connectivity index (χ0) is 9.94. The van der Waals surface area contributed by atoms with Crippen LogP contribution in [0.5, 0.6) is 0 Å². The molecule has 0 aromatic rings. The van der Waals surface area contributed by atoms with Gasteiger partial charge in [0.15, 0.2) is 0 Å². The van der Waals surface area contributed by atoms with Crippen molar-refractivity contribution in [1.29, 1.82) is 0 Å². The van der Waals surface area contributed by atoms with Crippen LogP contribution in [0, 0.1) is 0 Å². The summed E-state index contributed by atoms with van der Waals surface area (Å²) in [5.74, 6) is -0.334. The Hall–Kier alpha value is -0.650. The van der Waals surface area contributed by atoms with Gasteiger partial charge in [0.05, 0.1) is 19.8 Å². The van der Waals surface area contributed by atoms with E-state index in [1.54, 1.807) is 6.92 Å². The molecule has 0 amide bonds. The predicted octanol–water partition coefficient (Wildman–Crippen LogP) is 0.107. The summed E-state index contributed by atoms with van der Waals surface area (Å²) in [4.78, 5) is 15.6. The number of esters is 1. The number of carbonyl (C=O) groups is 1. The first-order valence-electron chi connectivity index (χ1n) is 4.39. The average Bonchev–Trinajstić information content (AvgIpc) is 2.11. The monoisotopic (exact) mass is 191 g/mol. The zero-order valence-corrected chi connectivity index (χ0v) is 8.17. The second-order valence-electron chi connectivity index (χ2n) is 2.18. The number of nitrogens with one attached hydrogen (secondary N) is 1. The van der Waals surface area contributed by atoms with E-state index in [0.717, 1.165) is 0 Å². The summed E-state index contributed by atoms with van der Waals surface area (Å²) >= 11 is 0. The van der Waals surface area contributed by atoms with Crippen LogP contribution in [-0.2, 0) is 19.1 Å². The third-order valence-corrected chi connectivity index (χ3v) is 1.12. The molecule has 0 aliphatic heterocycles. The molecule has 1 N–H and O–H groups in total. The molecule has 0 saturated carbocycles. The Labute approximate surface area is 78.3 Å². The number of hydrogen-bond donors (Lipinski definition) is 1. The van der Waals surface area contributed by atoms with Gasteiger partial charge in [-0.3, -0.25) is 0 Å². The third-order valence-electron chi connectivity index (χ3n) is 1.12. The van der Waals surface area contributed by atoms with Gasteiger partial charge in [0.25, 0.3) is 0 Å². The van der Waals surface area contributed by atoms with Gasteiger partial charge in [0.2, 0.25) is 0 Å². The Balaban J connectivity index is 3.02. The fourth-order valence-electron chi connectivity index (χ4n) is 0.646. The van der Waals surface area contributed by atoms with E-state index in [2.05, 4.69) is 10.2 Å². The van der Waals surface area contributed by atoms with Crippen molar-refractivity contribution >= 4 is 5.97 Å². The summed E-state index contributed by atoms with van der Waals surface area (Å²) in [5, 5.41) is 0. The second kappa shape index (κ2) is 9.44. The maximum absolute atomic E-state index is 10.7. The summed E-state index contributed by atoms with van der Waals surface area (Å²) in [6, 6.07) is 0. The van der Waals surface area contributed by atoms with Crippen molar-refractivity contribution in [3.8, 4) is 0 Å². The first-order chi connectivity index (χ1) is 6.31. The van der Waals surface area contributed by atoms with Crippen molar-refractivity contribution in [1.82, 2.24) is 5.48 Å². The second-order valence-corrected chi connectivity index (χ2v) is 2.18. The summed E-state index contributed by atoms with van der Waals surface area (Å²) < 4.78 is 9.63. The molecule has 0 aliphatic rings. The van der Waals surface area contributed by atoms with Crippen LogP contribution in [-0.4, -0.2) is 38.9 Å². The lowest BCUT2D eigenvalue weighted by atomic mass is 10.7. The SMILES string of the molecule is CCONCCOCC(=O)OCC. The first kappa shape index (κ1) is 12.3. The number of ether oxygens (including phenoxy) is 2. The van der Waals surface area contributed by atoms with Crippen LogP contribution >= 0.6 is 0 Å². The molecule has 0 saturated heterocycles. The van der Waals surface area contributed by atoms with Gasteiger partial charge in [0, 0.05) is 6.54 Å². The molecule has 5 nitrogen and oxygen atoms in total. The first-order valence-corrected chi connectivity index (χ1v) is 4.39. The Morgan fingerprint density at radius 1 is 1.31 bits per heavy atom. The minimum absolute atomic E-state index is 0.00163. The molecule has 0 spiro atoms. The van der Waals surface area contributed by atoms with Gasteiger partial charge in [-0.2, -0.15) is 0 Å². The number of rotatable bonds is 8. The molecular formula is C8H17NO4. The summed E-state index contributed by atoms with van der Waals surface area (Å²) in [6.07, 6.45) is 0. The van der Waals surface area contributed by atoms with E-state index in [-0.39, 0.29) is 12.6 Å². The lowest BCUT2D eigenvalue weighted by molar-refractivity contribution is -0.148. The maximum atomic E-state index is 10.7. The Morgan fingerprint density at radius 2 is 2.08 bits per heavy atom. The van der Waals surface area contributed by atoms with Gasteiger partial charge in [-0.25, -0.2) is 10.3 Å². The molecule has 13 heavy (non-hydrogen) atoms. The largest absolute Gasteiger partial charge is 0.464 e. The predicted molar refractivity (Wildman–Crippen MR) is 47.1 cm³/mol. The lowest BCUT2D eigenvalue weighted by Gasteiger charge is -2.04. The molecule has 0 heterocycles. The fraction of sp³-hybridized carbons (Fsp3) is 0.875. The van der Waals surface area contributed by atoms with E-state index in [9.17, 15) is 4.79 Å². The highest BCUT2D eigenvalue weighted by molar-refractivity contribution is 5.70. The van der Waals surface area contributed by atoms with Crippen LogP contribution in [0.2, 0.25) is 0 Å².